The molecule has 1 aromatic carbocycles. The fourth-order valence-corrected chi connectivity index (χ4v) is 1.17. The predicted molar refractivity (Wildman–Crippen MR) is 64.6 cm³/mol. The van der Waals surface area contributed by atoms with Gasteiger partial charge in [-0.15, -0.1) is 6.07 Å². The van der Waals surface area contributed by atoms with Crippen LogP contribution in [-0.2, 0) is 4.74 Å². The quantitative estimate of drug-likeness (QED) is 0.503. The van der Waals surface area contributed by atoms with Crippen LogP contribution in [0.25, 0.3) is 10.9 Å². The number of hydrogen-bond acceptors (Lipinski definition) is 3. The second kappa shape index (κ2) is 9.18. The molecule has 0 atom stereocenters. The number of rotatable bonds is 2. The van der Waals surface area contributed by atoms with Crippen molar-refractivity contribution in [3.8, 4) is 0 Å². The van der Waals surface area contributed by atoms with Gasteiger partial charge in [0.15, 0.2) is 0 Å². The molecule has 1 aromatic heterocycles. The van der Waals surface area contributed by atoms with Crippen LogP contribution in [0.3, 0.4) is 0 Å². The molecule has 0 fully saturated rings. The molecule has 0 amide bonds. The molecule has 0 saturated carbocycles. The Kier molecular flexibility index (Phi) is 8.70. The molecule has 0 spiro atoms. The maximum Gasteiger partial charge on any atom is 1.00 e. The third-order valence-corrected chi connectivity index (χ3v) is 1.97. The number of aryl methyl sites for hydroxylation is 1. The van der Waals surface area contributed by atoms with E-state index in [0.717, 1.165) is 16.6 Å². The van der Waals surface area contributed by atoms with Crippen molar-refractivity contribution in [1.29, 1.82) is 0 Å². The first kappa shape index (κ1) is 16.1. The zero-order chi connectivity index (χ0) is 11.8. The van der Waals surface area contributed by atoms with Crippen LogP contribution < -0.4 is 18.9 Å². The van der Waals surface area contributed by atoms with Gasteiger partial charge < -0.3 is 18.6 Å². The van der Waals surface area contributed by atoms with E-state index in [9.17, 15) is 0 Å². The first-order valence-corrected chi connectivity index (χ1v) is 5.03. The Balaban J connectivity index is 0.000000373. The van der Waals surface area contributed by atoms with Crippen LogP contribution in [0.2, 0.25) is 0 Å². The summed E-state index contributed by atoms with van der Waals surface area (Å²) in [6, 6.07) is 8.69. The minimum absolute atomic E-state index is 0. The number of fused-ring (bicyclic) bond motifs is 1. The van der Waals surface area contributed by atoms with Crippen molar-refractivity contribution in [3.63, 3.8) is 0 Å². The van der Waals surface area contributed by atoms with Gasteiger partial charge in [0.25, 0.3) is 0 Å². The molecule has 4 heteroatoms. The Hall–Kier alpha value is -0.883. The van der Waals surface area contributed by atoms with E-state index < -0.39 is 0 Å². The van der Waals surface area contributed by atoms with Gasteiger partial charge in [0.05, 0.1) is 0 Å². The first-order chi connectivity index (χ1) is 7.79. The predicted octanol–water partition coefficient (Wildman–Crippen LogP) is -0.586. The third-order valence-electron chi connectivity index (χ3n) is 1.97. The van der Waals surface area contributed by atoms with Gasteiger partial charge >= 0.3 is 18.9 Å². The van der Waals surface area contributed by atoms with Crippen LogP contribution in [0, 0.1) is 26.8 Å². The molecule has 0 saturated heterocycles. The molecule has 1 heterocycles. The zero-order valence-corrected chi connectivity index (χ0v) is 10.4. The molecule has 0 aliphatic heterocycles. The second-order valence-electron chi connectivity index (χ2n) is 3.01. The average Bonchev–Trinajstić information content (AvgIpc) is 2.32. The van der Waals surface area contributed by atoms with Crippen molar-refractivity contribution in [2.75, 3.05) is 13.2 Å². The van der Waals surface area contributed by atoms with Gasteiger partial charge in [-0.05, 0) is 18.1 Å². The zero-order valence-electron chi connectivity index (χ0n) is 10.4. The molecule has 0 bridgehead atoms. The van der Waals surface area contributed by atoms with Gasteiger partial charge in [-0.2, -0.15) is 18.2 Å². The number of ether oxygens (including phenoxy) is 1. The maximum atomic E-state index is 4.61. The van der Waals surface area contributed by atoms with E-state index in [2.05, 4.69) is 34.6 Å². The van der Waals surface area contributed by atoms with Crippen LogP contribution in [-0.4, -0.2) is 23.2 Å². The van der Waals surface area contributed by atoms with E-state index in [-0.39, 0.29) is 18.9 Å². The molecule has 2 rings (SSSR count). The first-order valence-electron chi connectivity index (χ1n) is 5.03. The number of nitrogens with zero attached hydrogens (tertiary/aromatic N) is 2. The molecule has 0 N–H and O–H groups in total. The summed E-state index contributed by atoms with van der Waals surface area (Å²) >= 11 is 0. The van der Waals surface area contributed by atoms with Gasteiger partial charge in [-0.1, -0.05) is 18.6 Å². The molecule has 2 aromatic rings. The summed E-state index contributed by atoms with van der Waals surface area (Å²) in [5, 5.41) is 1.08. The normalized spacial score (nSPS) is 9.12. The molecule has 0 radical (unpaired) electrons. The smallest absolute Gasteiger partial charge is 0.445 e. The van der Waals surface area contributed by atoms with Crippen molar-refractivity contribution < 1.29 is 23.6 Å². The SMILES string of the molecule is Cc1ncnc2cc[c-]cc12.[CH2-]COC[CH2-].[Li+]. The second-order valence-corrected chi connectivity index (χ2v) is 3.01. The molecular weight excluding hydrogens is 207 g/mol. The van der Waals surface area contributed by atoms with Crippen molar-refractivity contribution in [3.05, 3.63) is 50.1 Å². The topological polar surface area (TPSA) is 35.0 Å². The van der Waals surface area contributed by atoms with E-state index in [1.54, 1.807) is 6.33 Å². The molecule has 3 nitrogen and oxygen atoms in total. The Morgan fingerprint density at radius 3 is 2.53 bits per heavy atom. The van der Waals surface area contributed by atoms with E-state index in [1.807, 2.05) is 25.1 Å². The van der Waals surface area contributed by atoms with Gasteiger partial charge in [-0.3, -0.25) is 9.97 Å². The molecule has 0 aliphatic carbocycles. The third kappa shape index (κ3) is 5.32. The fraction of sp³-hybridized carbons (Fsp3) is 0.231. The molecule has 0 aliphatic rings. The Morgan fingerprint density at radius 1 is 1.29 bits per heavy atom. The number of aromatic nitrogens is 2. The summed E-state index contributed by atoms with van der Waals surface area (Å²) in [7, 11) is 0. The Labute approximate surface area is 115 Å². The van der Waals surface area contributed by atoms with Crippen LogP contribution in [0.1, 0.15) is 5.69 Å². The van der Waals surface area contributed by atoms with E-state index in [4.69, 9.17) is 0 Å². The van der Waals surface area contributed by atoms with Gasteiger partial charge in [-0.25, -0.2) is 0 Å². The summed E-state index contributed by atoms with van der Waals surface area (Å²) in [6.45, 7) is 9.86. The summed E-state index contributed by atoms with van der Waals surface area (Å²) in [5.74, 6) is 0. The van der Waals surface area contributed by atoms with Gasteiger partial charge in [0.2, 0.25) is 0 Å². The van der Waals surface area contributed by atoms with Gasteiger partial charge in [0.1, 0.15) is 6.33 Å². The minimum atomic E-state index is 0. The van der Waals surface area contributed by atoms with Crippen LogP contribution >= 0.6 is 0 Å². The summed E-state index contributed by atoms with van der Waals surface area (Å²) in [6.07, 6.45) is 1.58. The molecule has 86 valence electrons. The average molecular weight is 222 g/mol. The van der Waals surface area contributed by atoms with Crippen molar-refractivity contribution in [2.24, 2.45) is 0 Å². The van der Waals surface area contributed by atoms with Crippen LogP contribution in [0.15, 0.2) is 24.5 Å². The Bertz CT molecular complexity index is 427. The minimum Gasteiger partial charge on any atom is -0.445 e. The van der Waals surface area contributed by atoms with E-state index >= 15 is 0 Å². The van der Waals surface area contributed by atoms with Crippen LogP contribution in [0.4, 0.5) is 0 Å². The van der Waals surface area contributed by atoms with Crippen LogP contribution in [0.5, 0.6) is 0 Å². The maximum absolute atomic E-state index is 4.61. The summed E-state index contributed by atoms with van der Waals surface area (Å²) < 4.78 is 4.61. The molecular formula is C13H15LiN2O-2. The van der Waals surface area contributed by atoms with Crippen molar-refractivity contribution in [2.45, 2.75) is 6.92 Å². The standard InChI is InChI=1S/C9H7N2.C4H8O.Li/c1-7-8-4-2-3-5-9(8)11-6-10-7;1-3-5-4-2;/h3-6H,1H3;1-4H2;/q-1;-2;+1. The van der Waals surface area contributed by atoms with E-state index in [1.165, 1.54) is 0 Å². The van der Waals surface area contributed by atoms with Crippen molar-refractivity contribution >= 4 is 10.9 Å². The largest absolute Gasteiger partial charge is 1.00 e. The summed E-state index contributed by atoms with van der Waals surface area (Å²) in [4.78, 5) is 8.19. The number of hydrogen-bond donors (Lipinski definition) is 0. The summed E-state index contributed by atoms with van der Waals surface area (Å²) in [5.41, 5.74) is 1.99. The number of benzene rings is 1. The Morgan fingerprint density at radius 2 is 2.00 bits per heavy atom. The fourth-order valence-electron chi connectivity index (χ4n) is 1.17. The monoisotopic (exact) mass is 222 g/mol. The van der Waals surface area contributed by atoms with Crippen molar-refractivity contribution in [1.82, 2.24) is 9.97 Å². The molecule has 17 heavy (non-hydrogen) atoms. The van der Waals surface area contributed by atoms with E-state index in [0.29, 0.717) is 13.2 Å². The van der Waals surface area contributed by atoms with Gasteiger partial charge in [0, 0.05) is 0 Å². The molecule has 0 unspecified atom stereocenters.